The molecule has 1 aromatic rings. The highest BCUT2D eigenvalue weighted by Gasteiger charge is 2.27. The summed E-state index contributed by atoms with van der Waals surface area (Å²) >= 11 is 0. The van der Waals surface area contributed by atoms with Gasteiger partial charge in [0.2, 0.25) is 5.91 Å². The lowest BCUT2D eigenvalue weighted by atomic mass is 10.0. The molecule has 1 aliphatic rings. The van der Waals surface area contributed by atoms with E-state index in [2.05, 4.69) is 27.1 Å². The molecule has 1 N–H and O–H groups in total. The summed E-state index contributed by atoms with van der Waals surface area (Å²) in [5.41, 5.74) is 1.21. The summed E-state index contributed by atoms with van der Waals surface area (Å²) in [6.45, 7) is 1.80. The van der Waals surface area contributed by atoms with Crippen LogP contribution in [0.1, 0.15) is 37.3 Å². The molecule has 6 nitrogen and oxygen atoms in total. The van der Waals surface area contributed by atoms with Crippen LogP contribution < -0.4 is 10.1 Å². The van der Waals surface area contributed by atoms with Crippen molar-refractivity contribution in [2.24, 2.45) is 0 Å². The Hall–Kier alpha value is -2.08. The lowest BCUT2D eigenvalue weighted by Crippen LogP contribution is -2.37. The van der Waals surface area contributed by atoms with Gasteiger partial charge in [0, 0.05) is 19.0 Å². The fourth-order valence-electron chi connectivity index (χ4n) is 3.02. The van der Waals surface area contributed by atoms with Crippen molar-refractivity contribution in [1.29, 1.82) is 0 Å². The van der Waals surface area contributed by atoms with Gasteiger partial charge in [0.1, 0.15) is 5.75 Å². The van der Waals surface area contributed by atoms with Gasteiger partial charge in [-0.2, -0.15) is 0 Å². The van der Waals surface area contributed by atoms with Crippen LogP contribution in [0.15, 0.2) is 24.3 Å². The molecule has 1 amide bonds. The van der Waals surface area contributed by atoms with Crippen LogP contribution in [0.5, 0.6) is 5.75 Å². The molecule has 1 fully saturated rings. The highest BCUT2D eigenvalue weighted by molar-refractivity contribution is 5.78. The number of hydrogen-bond acceptors (Lipinski definition) is 5. The molecule has 1 unspecified atom stereocenters. The van der Waals surface area contributed by atoms with Gasteiger partial charge in [-0.3, -0.25) is 14.5 Å². The lowest BCUT2D eigenvalue weighted by Gasteiger charge is -2.24. The first-order valence-corrected chi connectivity index (χ1v) is 8.35. The normalized spacial score (nSPS) is 17.5. The average molecular weight is 334 g/mol. The molecule has 0 aliphatic carbocycles. The van der Waals surface area contributed by atoms with Crippen molar-refractivity contribution >= 4 is 11.9 Å². The monoisotopic (exact) mass is 334 g/mol. The van der Waals surface area contributed by atoms with E-state index in [0.29, 0.717) is 25.9 Å². The van der Waals surface area contributed by atoms with Gasteiger partial charge in [-0.05, 0) is 43.5 Å². The first-order valence-electron chi connectivity index (χ1n) is 8.35. The molecular formula is C18H26N2O4. The number of amides is 1. The van der Waals surface area contributed by atoms with Crippen molar-refractivity contribution in [2.75, 3.05) is 33.9 Å². The zero-order chi connectivity index (χ0) is 17.4. The highest BCUT2D eigenvalue weighted by atomic mass is 16.5. The van der Waals surface area contributed by atoms with Crippen LogP contribution in [-0.4, -0.2) is 50.6 Å². The molecule has 1 aromatic carbocycles. The molecule has 1 aliphatic heterocycles. The summed E-state index contributed by atoms with van der Waals surface area (Å²) in [6.07, 6.45) is 3.07. The molecule has 1 heterocycles. The minimum absolute atomic E-state index is 0.000257. The Morgan fingerprint density at radius 3 is 2.67 bits per heavy atom. The Labute approximate surface area is 143 Å². The van der Waals surface area contributed by atoms with Gasteiger partial charge >= 0.3 is 5.97 Å². The molecule has 6 heteroatoms. The largest absolute Gasteiger partial charge is 0.497 e. The highest BCUT2D eigenvalue weighted by Crippen LogP contribution is 2.32. The first-order chi connectivity index (χ1) is 11.6. The number of benzene rings is 1. The van der Waals surface area contributed by atoms with Gasteiger partial charge in [-0.15, -0.1) is 0 Å². The van der Waals surface area contributed by atoms with E-state index in [4.69, 9.17) is 4.74 Å². The summed E-state index contributed by atoms with van der Waals surface area (Å²) in [5, 5.41) is 2.87. The Morgan fingerprint density at radius 1 is 1.25 bits per heavy atom. The number of esters is 1. The predicted molar refractivity (Wildman–Crippen MR) is 90.8 cm³/mol. The third kappa shape index (κ3) is 5.23. The molecule has 0 radical (unpaired) electrons. The van der Waals surface area contributed by atoms with E-state index in [0.717, 1.165) is 25.1 Å². The van der Waals surface area contributed by atoms with E-state index in [9.17, 15) is 9.59 Å². The number of ether oxygens (including phenoxy) is 2. The zero-order valence-corrected chi connectivity index (χ0v) is 14.4. The molecule has 0 bridgehead atoms. The average Bonchev–Trinajstić information content (AvgIpc) is 3.06. The van der Waals surface area contributed by atoms with Crippen LogP contribution in [0.2, 0.25) is 0 Å². The van der Waals surface area contributed by atoms with Gasteiger partial charge in [0.15, 0.2) is 0 Å². The standard InChI is InChI=1S/C18H26N2O4/c1-23-15-9-7-14(8-10-15)16-5-4-12-20(16)13-17(21)19-11-3-6-18(22)24-2/h7-10,16H,3-6,11-13H2,1-2H3,(H,19,21). The number of methoxy groups -OCH3 is 2. The number of nitrogens with one attached hydrogen (secondary N) is 1. The summed E-state index contributed by atoms with van der Waals surface area (Å²) in [7, 11) is 3.02. The molecule has 1 atom stereocenters. The number of rotatable bonds is 8. The second-order valence-corrected chi connectivity index (χ2v) is 5.93. The minimum atomic E-state index is -0.247. The van der Waals surface area contributed by atoms with Crippen molar-refractivity contribution in [1.82, 2.24) is 10.2 Å². The van der Waals surface area contributed by atoms with Crippen molar-refractivity contribution in [2.45, 2.75) is 31.7 Å². The van der Waals surface area contributed by atoms with Crippen molar-refractivity contribution in [3.63, 3.8) is 0 Å². The Morgan fingerprint density at radius 2 is 2.00 bits per heavy atom. The maximum absolute atomic E-state index is 12.1. The van der Waals surface area contributed by atoms with Crippen LogP contribution in [-0.2, 0) is 14.3 Å². The molecule has 0 aromatic heterocycles. The number of carbonyl (C=O) groups is 2. The molecule has 0 spiro atoms. The zero-order valence-electron chi connectivity index (χ0n) is 14.4. The van der Waals surface area contributed by atoms with E-state index < -0.39 is 0 Å². The Kier molecular flexibility index (Phi) is 7.06. The second-order valence-electron chi connectivity index (χ2n) is 5.93. The van der Waals surface area contributed by atoms with Crippen molar-refractivity contribution in [3.05, 3.63) is 29.8 Å². The van der Waals surface area contributed by atoms with Crippen LogP contribution in [0.25, 0.3) is 0 Å². The van der Waals surface area contributed by atoms with Crippen LogP contribution in [0.3, 0.4) is 0 Å². The SMILES string of the molecule is COC(=O)CCCNC(=O)CN1CCCC1c1ccc(OC)cc1. The fourth-order valence-corrected chi connectivity index (χ4v) is 3.02. The maximum atomic E-state index is 12.1. The van der Waals surface area contributed by atoms with Crippen molar-refractivity contribution < 1.29 is 19.1 Å². The van der Waals surface area contributed by atoms with E-state index >= 15 is 0 Å². The maximum Gasteiger partial charge on any atom is 0.305 e. The van der Waals surface area contributed by atoms with Gasteiger partial charge in [0.25, 0.3) is 0 Å². The fraction of sp³-hybridized carbons (Fsp3) is 0.556. The molecule has 132 valence electrons. The van der Waals surface area contributed by atoms with E-state index in [1.54, 1.807) is 7.11 Å². The molecular weight excluding hydrogens is 308 g/mol. The van der Waals surface area contributed by atoms with E-state index in [1.807, 2.05) is 12.1 Å². The second kappa shape index (κ2) is 9.27. The van der Waals surface area contributed by atoms with Gasteiger partial charge in [0.05, 0.1) is 20.8 Å². The van der Waals surface area contributed by atoms with Crippen LogP contribution in [0.4, 0.5) is 0 Å². The number of hydrogen-bond donors (Lipinski definition) is 1. The summed E-state index contributed by atoms with van der Waals surface area (Å²) in [6, 6.07) is 8.32. The minimum Gasteiger partial charge on any atom is -0.497 e. The van der Waals surface area contributed by atoms with Gasteiger partial charge in [-0.1, -0.05) is 12.1 Å². The van der Waals surface area contributed by atoms with E-state index in [1.165, 1.54) is 12.7 Å². The van der Waals surface area contributed by atoms with Gasteiger partial charge < -0.3 is 14.8 Å². The third-order valence-corrected chi connectivity index (χ3v) is 4.32. The van der Waals surface area contributed by atoms with Gasteiger partial charge in [-0.25, -0.2) is 0 Å². The molecule has 0 saturated carbocycles. The predicted octanol–water partition coefficient (Wildman–Crippen LogP) is 1.90. The third-order valence-electron chi connectivity index (χ3n) is 4.32. The lowest BCUT2D eigenvalue weighted by molar-refractivity contribution is -0.140. The smallest absolute Gasteiger partial charge is 0.305 e. The quantitative estimate of drug-likeness (QED) is 0.581. The van der Waals surface area contributed by atoms with Crippen LogP contribution >= 0.6 is 0 Å². The first kappa shape index (κ1) is 18.3. The Bertz CT molecular complexity index is 544. The van der Waals surface area contributed by atoms with E-state index in [-0.39, 0.29) is 17.9 Å². The summed E-state index contributed by atoms with van der Waals surface area (Å²) in [4.78, 5) is 25.3. The van der Waals surface area contributed by atoms with Crippen molar-refractivity contribution in [3.8, 4) is 5.75 Å². The van der Waals surface area contributed by atoms with Crippen LogP contribution in [0, 0.1) is 0 Å². The number of likely N-dealkylation sites (tertiary alicyclic amines) is 1. The topological polar surface area (TPSA) is 67.9 Å². The molecule has 1 saturated heterocycles. The summed E-state index contributed by atoms with van der Waals surface area (Å²) in [5.74, 6) is 0.593. The molecule has 24 heavy (non-hydrogen) atoms. The number of carbonyl (C=O) groups excluding carboxylic acids is 2. The molecule has 2 rings (SSSR count). The number of nitrogens with zero attached hydrogens (tertiary/aromatic N) is 1. The Balaban J connectivity index is 1.79. The summed E-state index contributed by atoms with van der Waals surface area (Å²) < 4.78 is 9.77.